The predicted octanol–water partition coefficient (Wildman–Crippen LogP) is 3.17. The van der Waals surface area contributed by atoms with Crippen LogP contribution in [0.15, 0.2) is 0 Å². The summed E-state index contributed by atoms with van der Waals surface area (Å²) < 4.78 is 0. The summed E-state index contributed by atoms with van der Waals surface area (Å²) in [5.74, 6) is 1.01. The van der Waals surface area contributed by atoms with Crippen molar-refractivity contribution in [1.82, 2.24) is 10.2 Å². The van der Waals surface area contributed by atoms with Gasteiger partial charge in [-0.05, 0) is 51.1 Å². The third-order valence-corrected chi connectivity index (χ3v) is 5.24. The number of nitrogens with zero attached hydrogens (tertiary/aromatic N) is 1. The summed E-state index contributed by atoms with van der Waals surface area (Å²) in [6.07, 6.45) is 14.7. The normalized spacial score (nSPS) is 33.7. The molecule has 0 spiro atoms. The van der Waals surface area contributed by atoms with E-state index < -0.39 is 0 Å². The molecule has 1 N–H and O–H groups in total. The van der Waals surface area contributed by atoms with Crippen molar-refractivity contribution in [3.63, 3.8) is 0 Å². The largest absolute Gasteiger partial charge is 0.312 e. The zero-order chi connectivity index (χ0) is 12.2. The average molecular weight is 250 g/mol. The van der Waals surface area contributed by atoms with E-state index in [9.17, 15) is 0 Å². The zero-order valence-corrected chi connectivity index (χ0v) is 11.9. The van der Waals surface area contributed by atoms with Gasteiger partial charge in [0.1, 0.15) is 0 Å². The smallest absolute Gasteiger partial charge is 0.0223 e. The first-order chi connectivity index (χ1) is 8.93. The summed E-state index contributed by atoms with van der Waals surface area (Å²) in [4.78, 5) is 2.86. The zero-order valence-electron chi connectivity index (χ0n) is 11.9. The van der Waals surface area contributed by atoms with Gasteiger partial charge >= 0.3 is 0 Å². The summed E-state index contributed by atoms with van der Waals surface area (Å²) in [6, 6.07) is 1.73. The lowest BCUT2D eigenvalue weighted by atomic mass is 9.95. The lowest BCUT2D eigenvalue weighted by molar-refractivity contribution is 0.159. The highest BCUT2D eigenvalue weighted by atomic mass is 15.2. The molecule has 3 aliphatic rings. The van der Waals surface area contributed by atoms with Crippen LogP contribution in [-0.4, -0.2) is 36.6 Å². The molecule has 3 rings (SSSR count). The minimum absolute atomic E-state index is 0.818. The highest BCUT2D eigenvalue weighted by Gasteiger charge is 2.34. The quantitative estimate of drug-likeness (QED) is 0.810. The fourth-order valence-corrected chi connectivity index (χ4v) is 3.92. The maximum absolute atomic E-state index is 3.80. The SMILES string of the molecule is C1CCCC(N2CCCNC(C3CC3)C2)CCC1. The molecular weight excluding hydrogens is 220 g/mol. The Morgan fingerprint density at radius 2 is 1.50 bits per heavy atom. The summed E-state index contributed by atoms with van der Waals surface area (Å²) in [5, 5.41) is 3.80. The number of hydrogen-bond acceptors (Lipinski definition) is 2. The van der Waals surface area contributed by atoms with Crippen LogP contribution in [0.2, 0.25) is 0 Å². The van der Waals surface area contributed by atoms with E-state index in [1.165, 1.54) is 83.8 Å². The summed E-state index contributed by atoms with van der Waals surface area (Å²) in [5.41, 5.74) is 0. The van der Waals surface area contributed by atoms with Crippen molar-refractivity contribution in [2.24, 2.45) is 5.92 Å². The van der Waals surface area contributed by atoms with E-state index in [1.807, 2.05) is 0 Å². The van der Waals surface area contributed by atoms with Gasteiger partial charge in [-0.15, -0.1) is 0 Å². The molecule has 1 saturated heterocycles. The molecule has 2 aliphatic carbocycles. The van der Waals surface area contributed by atoms with Gasteiger partial charge in [0.15, 0.2) is 0 Å². The Morgan fingerprint density at radius 3 is 2.22 bits per heavy atom. The molecule has 2 nitrogen and oxygen atoms in total. The molecule has 0 radical (unpaired) electrons. The van der Waals surface area contributed by atoms with Crippen LogP contribution in [0.4, 0.5) is 0 Å². The third-order valence-electron chi connectivity index (χ3n) is 5.24. The summed E-state index contributed by atoms with van der Waals surface area (Å²) >= 11 is 0. The van der Waals surface area contributed by atoms with Crippen LogP contribution in [0.5, 0.6) is 0 Å². The molecule has 0 aromatic heterocycles. The minimum atomic E-state index is 0.818. The maximum atomic E-state index is 3.80. The number of rotatable bonds is 2. The maximum Gasteiger partial charge on any atom is 0.0223 e. The van der Waals surface area contributed by atoms with E-state index >= 15 is 0 Å². The molecule has 18 heavy (non-hydrogen) atoms. The Balaban J connectivity index is 1.57. The molecule has 2 saturated carbocycles. The van der Waals surface area contributed by atoms with Crippen LogP contribution in [0.3, 0.4) is 0 Å². The van der Waals surface area contributed by atoms with E-state index in [0.29, 0.717) is 0 Å². The van der Waals surface area contributed by atoms with Gasteiger partial charge in [-0.25, -0.2) is 0 Å². The minimum Gasteiger partial charge on any atom is -0.312 e. The second kappa shape index (κ2) is 6.38. The number of hydrogen-bond donors (Lipinski definition) is 1. The van der Waals surface area contributed by atoms with Crippen molar-refractivity contribution in [3.8, 4) is 0 Å². The first kappa shape index (κ1) is 12.9. The fraction of sp³-hybridized carbons (Fsp3) is 1.00. The summed E-state index contributed by atoms with van der Waals surface area (Å²) in [6.45, 7) is 3.95. The van der Waals surface area contributed by atoms with Crippen molar-refractivity contribution in [3.05, 3.63) is 0 Å². The Morgan fingerprint density at radius 1 is 0.778 bits per heavy atom. The standard InChI is InChI=1S/C16H30N2/c1-2-4-7-15(8-5-3-1)18-12-6-11-17-16(13-18)14-9-10-14/h14-17H,1-13H2. The molecule has 1 atom stereocenters. The van der Waals surface area contributed by atoms with Gasteiger partial charge in [-0.1, -0.05) is 32.1 Å². The van der Waals surface area contributed by atoms with Crippen molar-refractivity contribution < 1.29 is 0 Å². The van der Waals surface area contributed by atoms with Crippen LogP contribution in [0, 0.1) is 5.92 Å². The Kier molecular flexibility index (Phi) is 4.58. The van der Waals surface area contributed by atoms with Gasteiger partial charge in [0.05, 0.1) is 0 Å². The van der Waals surface area contributed by atoms with Crippen LogP contribution in [0.1, 0.15) is 64.2 Å². The first-order valence-electron chi connectivity index (χ1n) is 8.41. The van der Waals surface area contributed by atoms with Gasteiger partial charge in [0, 0.05) is 18.6 Å². The van der Waals surface area contributed by atoms with Gasteiger partial charge < -0.3 is 5.32 Å². The molecule has 1 heterocycles. The molecule has 0 aromatic carbocycles. The first-order valence-corrected chi connectivity index (χ1v) is 8.41. The van der Waals surface area contributed by atoms with Crippen LogP contribution >= 0.6 is 0 Å². The van der Waals surface area contributed by atoms with Gasteiger partial charge in [0.2, 0.25) is 0 Å². The second-order valence-corrected chi connectivity index (χ2v) is 6.75. The second-order valence-electron chi connectivity index (χ2n) is 6.75. The van der Waals surface area contributed by atoms with Crippen LogP contribution < -0.4 is 5.32 Å². The average Bonchev–Trinajstić information content (AvgIpc) is 3.15. The van der Waals surface area contributed by atoms with Gasteiger partial charge in [-0.3, -0.25) is 4.90 Å². The third kappa shape index (κ3) is 3.48. The molecule has 0 bridgehead atoms. The molecule has 2 heteroatoms. The highest BCUT2D eigenvalue weighted by Crippen LogP contribution is 2.34. The lowest BCUT2D eigenvalue weighted by Gasteiger charge is -2.34. The summed E-state index contributed by atoms with van der Waals surface area (Å²) in [7, 11) is 0. The topological polar surface area (TPSA) is 15.3 Å². The molecular formula is C16H30N2. The predicted molar refractivity (Wildman–Crippen MR) is 76.8 cm³/mol. The monoisotopic (exact) mass is 250 g/mol. The van der Waals surface area contributed by atoms with Crippen molar-refractivity contribution in [2.75, 3.05) is 19.6 Å². The fourth-order valence-electron chi connectivity index (χ4n) is 3.92. The molecule has 1 aliphatic heterocycles. The van der Waals surface area contributed by atoms with Gasteiger partial charge in [-0.2, -0.15) is 0 Å². The molecule has 1 unspecified atom stereocenters. The van der Waals surface area contributed by atoms with Gasteiger partial charge in [0.25, 0.3) is 0 Å². The molecule has 0 aromatic rings. The molecule has 3 fully saturated rings. The van der Waals surface area contributed by atoms with E-state index in [1.54, 1.807) is 0 Å². The van der Waals surface area contributed by atoms with Crippen molar-refractivity contribution in [2.45, 2.75) is 76.3 Å². The van der Waals surface area contributed by atoms with E-state index in [0.717, 1.165) is 18.0 Å². The van der Waals surface area contributed by atoms with Crippen molar-refractivity contribution in [1.29, 1.82) is 0 Å². The lowest BCUT2D eigenvalue weighted by Crippen LogP contribution is -2.44. The van der Waals surface area contributed by atoms with E-state index in [2.05, 4.69) is 10.2 Å². The van der Waals surface area contributed by atoms with Crippen LogP contribution in [0.25, 0.3) is 0 Å². The van der Waals surface area contributed by atoms with Crippen molar-refractivity contribution >= 4 is 0 Å². The Labute approximate surface area is 113 Å². The van der Waals surface area contributed by atoms with E-state index in [-0.39, 0.29) is 0 Å². The molecule has 0 amide bonds. The highest BCUT2D eigenvalue weighted by molar-refractivity contribution is 4.91. The number of nitrogens with one attached hydrogen (secondary N) is 1. The Hall–Kier alpha value is -0.0800. The van der Waals surface area contributed by atoms with E-state index in [4.69, 9.17) is 0 Å². The Bertz CT molecular complexity index is 241. The molecule has 104 valence electrons. The van der Waals surface area contributed by atoms with Crippen LogP contribution in [-0.2, 0) is 0 Å².